The number of hydrogen-bond donors (Lipinski definition) is 3. The predicted molar refractivity (Wildman–Crippen MR) is 65.9 cm³/mol. The van der Waals surface area contributed by atoms with E-state index >= 15 is 0 Å². The maximum Gasteiger partial charge on any atom is 0.156 e. The summed E-state index contributed by atoms with van der Waals surface area (Å²) >= 11 is 5.80. The molecular weight excluding hydrogens is 226 g/mol. The number of nitrogens with one attached hydrogen (secondary N) is 1. The first kappa shape index (κ1) is 12.8. The normalized spacial score (nSPS) is 15.8. The molecule has 0 aliphatic heterocycles. The molecule has 2 atom stereocenters. The van der Waals surface area contributed by atoms with Crippen molar-refractivity contribution in [1.82, 2.24) is 5.32 Å². The maximum atomic E-state index is 8.53. The minimum Gasteiger partial charge on any atom is -0.409 e. The molecule has 1 aromatic carbocycles. The molecule has 16 heavy (non-hydrogen) atoms. The Hall–Kier alpha value is -1.26. The predicted octanol–water partition coefficient (Wildman–Crippen LogP) is 2.13. The highest BCUT2D eigenvalue weighted by atomic mass is 35.5. The molecule has 1 rings (SSSR count). The zero-order valence-electron chi connectivity index (χ0n) is 9.31. The largest absolute Gasteiger partial charge is 0.409 e. The number of amidine groups is 1. The SMILES string of the molecule is CC(NC(C)c1ccc(Cl)cc1)C(N)=NO. The van der Waals surface area contributed by atoms with Gasteiger partial charge in [0.05, 0.1) is 6.04 Å². The lowest BCUT2D eigenvalue weighted by Crippen LogP contribution is -2.40. The molecular formula is C11H16ClN3O. The lowest BCUT2D eigenvalue weighted by atomic mass is 10.1. The number of hydrogen-bond acceptors (Lipinski definition) is 3. The van der Waals surface area contributed by atoms with E-state index in [1.54, 1.807) is 0 Å². The number of benzene rings is 1. The van der Waals surface area contributed by atoms with Crippen LogP contribution < -0.4 is 11.1 Å². The van der Waals surface area contributed by atoms with Gasteiger partial charge in [0.2, 0.25) is 0 Å². The molecule has 0 radical (unpaired) electrons. The van der Waals surface area contributed by atoms with Crippen LogP contribution in [0.2, 0.25) is 5.02 Å². The molecule has 0 aliphatic rings. The fourth-order valence-corrected chi connectivity index (χ4v) is 1.52. The number of rotatable bonds is 4. The van der Waals surface area contributed by atoms with Crippen LogP contribution in [0.4, 0.5) is 0 Å². The highest BCUT2D eigenvalue weighted by molar-refractivity contribution is 6.30. The van der Waals surface area contributed by atoms with Gasteiger partial charge in [-0.3, -0.25) is 0 Å². The molecule has 4 N–H and O–H groups in total. The Balaban J connectivity index is 2.65. The fourth-order valence-electron chi connectivity index (χ4n) is 1.39. The van der Waals surface area contributed by atoms with Crippen LogP contribution in [0.15, 0.2) is 29.4 Å². The van der Waals surface area contributed by atoms with Gasteiger partial charge in [-0.2, -0.15) is 0 Å². The van der Waals surface area contributed by atoms with Gasteiger partial charge in [0.1, 0.15) is 0 Å². The van der Waals surface area contributed by atoms with Crippen molar-refractivity contribution in [2.75, 3.05) is 0 Å². The Morgan fingerprint density at radius 3 is 2.44 bits per heavy atom. The third kappa shape index (κ3) is 3.40. The quantitative estimate of drug-likeness (QED) is 0.327. The summed E-state index contributed by atoms with van der Waals surface area (Å²) < 4.78 is 0. The van der Waals surface area contributed by atoms with Crippen molar-refractivity contribution >= 4 is 17.4 Å². The van der Waals surface area contributed by atoms with Crippen LogP contribution in [-0.2, 0) is 0 Å². The van der Waals surface area contributed by atoms with E-state index in [2.05, 4.69) is 10.5 Å². The summed E-state index contributed by atoms with van der Waals surface area (Å²) in [6, 6.07) is 7.48. The molecule has 0 saturated heterocycles. The third-order valence-corrected chi connectivity index (χ3v) is 2.68. The van der Waals surface area contributed by atoms with Crippen molar-refractivity contribution < 1.29 is 5.21 Å². The molecule has 88 valence electrons. The van der Waals surface area contributed by atoms with Crippen LogP contribution in [0.25, 0.3) is 0 Å². The summed E-state index contributed by atoms with van der Waals surface area (Å²) in [5.41, 5.74) is 6.58. The molecule has 0 amide bonds. The van der Waals surface area contributed by atoms with Crippen molar-refractivity contribution in [2.45, 2.75) is 25.9 Å². The Labute approximate surface area is 100 Å². The molecule has 0 heterocycles. The topological polar surface area (TPSA) is 70.6 Å². The first-order chi connectivity index (χ1) is 7.54. The van der Waals surface area contributed by atoms with Crippen molar-refractivity contribution in [2.24, 2.45) is 10.9 Å². The Morgan fingerprint density at radius 1 is 1.38 bits per heavy atom. The third-order valence-electron chi connectivity index (χ3n) is 2.43. The van der Waals surface area contributed by atoms with Crippen LogP contribution in [-0.4, -0.2) is 17.1 Å². The van der Waals surface area contributed by atoms with Crippen molar-refractivity contribution in [3.05, 3.63) is 34.9 Å². The van der Waals surface area contributed by atoms with Gasteiger partial charge in [0, 0.05) is 11.1 Å². The van der Waals surface area contributed by atoms with Crippen molar-refractivity contribution in [3.8, 4) is 0 Å². The fraction of sp³-hybridized carbons (Fsp3) is 0.364. The molecule has 0 spiro atoms. The van der Waals surface area contributed by atoms with E-state index in [4.69, 9.17) is 22.5 Å². The Bertz CT molecular complexity index is 364. The number of nitrogens with zero attached hydrogens (tertiary/aromatic N) is 1. The molecule has 0 fully saturated rings. The van der Waals surface area contributed by atoms with E-state index in [0.29, 0.717) is 5.02 Å². The summed E-state index contributed by atoms with van der Waals surface area (Å²) in [7, 11) is 0. The van der Waals surface area contributed by atoms with Gasteiger partial charge in [-0.1, -0.05) is 28.9 Å². The molecule has 5 heteroatoms. The zero-order chi connectivity index (χ0) is 12.1. The minimum atomic E-state index is -0.185. The van der Waals surface area contributed by atoms with Gasteiger partial charge < -0.3 is 16.3 Å². The van der Waals surface area contributed by atoms with Gasteiger partial charge in [-0.25, -0.2) is 0 Å². The molecule has 0 aromatic heterocycles. The molecule has 4 nitrogen and oxygen atoms in total. The lowest BCUT2D eigenvalue weighted by molar-refractivity contribution is 0.314. The van der Waals surface area contributed by atoms with Gasteiger partial charge >= 0.3 is 0 Å². The number of halogens is 1. The first-order valence-electron chi connectivity index (χ1n) is 5.03. The monoisotopic (exact) mass is 241 g/mol. The minimum absolute atomic E-state index is 0.104. The van der Waals surface area contributed by atoms with Crippen LogP contribution in [0.1, 0.15) is 25.5 Å². The lowest BCUT2D eigenvalue weighted by Gasteiger charge is -2.19. The van der Waals surface area contributed by atoms with Gasteiger partial charge in [-0.05, 0) is 31.5 Å². The first-order valence-corrected chi connectivity index (χ1v) is 5.41. The second-order valence-corrected chi connectivity index (χ2v) is 4.12. The van der Waals surface area contributed by atoms with E-state index in [1.807, 2.05) is 38.1 Å². The summed E-state index contributed by atoms with van der Waals surface area (Å²) in [5.74, 6) is 0.167. The van der Waals surface area contributed by atoms with Gasteiger partial charge in [-0.15, -0.1) is 0 Å². The van der Waals surface area contributed by atoms with Gasteiger partial charge in [0.15, 0.2) is 5.84 Å². The van der Waals surface area contributed by atoms with Crippen LogP contribution in [0.3, 0.4) is 0 Å². The van der Waals surface area contributed by atoms with E-state index in [-0.39, 0.29) is 17.9 Å². The molecule has 0 saturated carbocycles. The maximum absolute atomic E-state index is 8.53. The zero-order valence-corrected chi connectivity index (χ0v) is 10.1. The van der Waals surface area contributed by atoms with E-state index < -0.39 is 0 Å². The smallest absolute Gasteiger partial charge is 0.156 e. The highest BCUT2D eigenvalue weighted by Gasteiger charge is 2.12. The highest BCUT2D eigenvalue weighted by Crippen LogP contribution is 2.16. The Kier molecular flexibility index (Phi) is 4.58. The summed E-state index contributed by atoms with van der Waals surface area (Å²) in [6.45, 7) is 3.84. The number of oxime groups is 1. The standard InChI is InChI=1S/C11H16ClN3O/c1-7(14-8(2)11(13)15-16)9-3-5-10(12)6-4-9/h3-8,14,16H,1-2H3,(H2,13,15). The Morgan fingerprint density at radius 2 is 1.94 bits per heavy atom. The van der Waals surface area contributed by atoms with Crippen LogP contribution in [0, 0.1) is 0 Å². The molecule has 0 bridgehead atoms. The van der Waals surface area contributed by atoms with Crippen LogP contribution in [0.5, 0.6) is 0 Å². The van der Waals surface area contributed by atoms with E-state index in [0.717, 1.165) is 5.56 Å². The average molecular weight is 242 g/mol. The molecule has 2 unspecified atom stereocenters. The summed E-state index contributed by atoms with van der Waals surface area (Å²) in [6.07, 6.45) is 0. The second kappa shape index (κ2) is 5.72. The molecule has 1 aromatic rings. The van der Waals surface area contributed by atoms with Crippen molar-refractivity contribution in [3.63, 3.8) is 0 Å². The van der Waals surface area contributed by atoms with E-state index in [9.17, 15) is 0 Å². The number of nitrogens with two attached hydrogens (primary N) is 1. The molecule has 0 aliphatic carbocycles. The van der Waals surface area contributed by atoms with E-state index in [1.165, 1.54) is 0 Å². The summed E-state index contributed by atoms with van der Waals surface area (Å²) in [5, 5.41) is 15.4. The van der Waals surface area contributed by atoms with Crippen LogP contribution >= 0.6 is 11.6 Å². The second-order valence-electron chi connectivity index (χ2n) is 3.69. The average Bonchev–Trinajstić information content (AvgIpc) is 2.28. The van der Waals surface area contributed by atoms with Crippen molar-refractivity contribution in [1.29, 1.82) is 0 Å². The van der Waals surface area contributed by atoms with Gasteiger partial charge in [0.25, 0.3) is 0 Å². The summed E-state index contributed by atoms with van der Waals surface area (Å²) in [4.78, 5) is 0.